The van der Waals surface area contributed by atoms with Crippen molar-refractivity contribution in [1.82, 2.24) is 9.13 Å². The summed E-state index contributed by atoms with van der Waals surface area (Å²) in [5, 5.41) is 10.4. The molecule has 0 spiro atoms. The maximum Gasteiger partial charge on any atom is 0.179 e. The zero-order valence-corrected chi connectivity index (χ0v) is 32.3. The van der Waals surface area contributed by atoms with Crippen molar-refractivity contribution in [2.75, 3.05) is 0 Å². The van der Waals surface area contributed by atoms with E-state index in [2.05, 4.69) is 240 Å². The average molecular weight is 743 g/mol. The fourth-order valence-corrected chi connectivity index (χ4v) is 14.3. The molecule has 0 atom stereocenters. The Morgan fingerprint density at radius 2 is 0.825 bits per heavy atom. The Balaban J connectivity index is 1.29. The number of fused-ring (bicyclic) bond motifs is 6. The van der Waals surface area contributed by atoms with Gasteiger partial charge in [0.05, 0.1) is 27.8 Å². The van der Waals surface area contributed by atoms with Crippen LogP contribution in [0, 0.1) is 0 Å². The van der Waals surface area contributed by atoms with Crippen molar-refractivity contribution in [3.05, 3.63) is 231 Å². The van der Waals surface area contributed by atoms with Gasteiger partial charge in [-0.3, -0.25) is 0 Å². The third-order valence-electron chi connectivity index (χ3n) is 11.9. The molecule has 11 rings (SSSR count). The molecule has 0 N–H and O–H groups in total. The lowest BCUT2D eigenvalue weighted by Crippen LogP contribution is -2.74. The predicted molar refractivity (Wildman–Crippen MR) is 244 cm³/mol. The van der Waals surface area contributed by atoms with Crippen LogP contribution < -0.4 is 20.7 Å². The number of hydrogen-bond donors (Lipinski definition) is 0. The van der Waals surface area contributed by atoms with E-state index in [1.165, 1.54) is 81.2 Å². The van der Waals surface area contributed by atoms with Gasteiger partial charge in [-0.15, -0.1) is 0 Å². The maximum absolute atomic E-state index is 2.78. The number of benzene rings is 9. The third-order valence-corrected chi connectivity index (χ3v) is 16.6. The number of nitrogens with zero attached hydrogens (tertiary/aromatic N) is 2. The zero-order chi connectivity index (χ0) is 37.8. The summed E-state index contributed by atoms with van der Waals surface area (Å²) in [7, 11) is -2.78. The number of para-hydroxylation sites is 3. The lowest BCUT2D eigenvalue weighted by molar-refractivity contribution is 1.17. The molecule has 0 aliphatic heterocycles. The van der Waals surface area contributed by atoms with E-state index in [0.29, 0.717) is 0 Å². The van der Waals surface area contributed by atoms with E-state index in [1.807, 2.05) is 0 Å². The van der Waals surface area contributed by atoms with Gasteiger partial charge in [0, 0.05) is 32.8 Å². The Morgan fingerprint density at radius 1 is 0.316 bits per heavy atom. The summed E-state index contributed by atoms with van der Waals surface area (Å²) in [4.78, 5) is 0. The molecule has 0 radical (unpaired) electrons. The molecule has 0 unspecified atom stereocenters. The highest BCUT2D eigenvalue weighted by Crippen LogP contribution is 2.42. The van der Waals surface area contributed by atoms with Crippen LogP contribution in [0.5, 0.6) is 0 Å². The van der Waals surface area contributed by atoms with Crippen molar-refractivity contribution in [1.29, 1.82) is 0 Å². The first-order valence-corrected chi connectivity index (χ1v) is 21.7. The molecule has 11 aromatic rings. The molecule has 3 heteroatoms. The minimum Gasteiger partial charge on any atom is -0.309 e. The number of rotatable bonds is 7. The standard InChI is InChI=1S/C54H38N2Si/c1-6-20-39(21-7-1)45-31-18-32-46-48-38-44(57(41-24-10-3-11-25-41,42-26-12-4-13-27-42)43-28-14-5-15-29-43)36-37-50(48)56(54(45)46)52-35-19-34-51-53(52)47-30-16-17-33-49(47)55(51)40-22-8-2-9-23-40/h1-38H. The Bertz CT molecular complexity index is 3110. The van der Waals surface area contributed by atoms with Crippen LogP contribution in [0.25, 0.3) is 66.1 Å². The first-order valence-electron chi connectivity index (χ1n) is 19.7. The summed E-state index contributed by atoms with van der Waals surface area (Å²) in [6.07, 6.45) is 0. The molecule has 0 saturated carbocycles. The summed E-state index contributed by atoms with van der Waals surface area (Å²) in [5.74, 6) is 0. The Labute approximate surface area is 333 Å². The van der Waals surface area contributed by atoms with Gasteiger partial charge in [0.2, 0.25) is 0 Å². The van der Waals surface area contributed by atoms with Crippen molar-refractivity contribution in [2.45, 2.75) is 0 Å². The van der Waals surface area contributed by atoms with Crippen molar-refractivity contribution in [3.8, 4) is 22.5 Å². The second-order valence-corrected chi connectivity index (χ2v) is 18.7. The Hall–Kier alpha value is -7.20. The van der Waals surface area contributed by atoms with E-state index >= 15 is 0 Å². The maximum atomic E-state index is 2.55. The van der Waals surface area contributed by atoms with E-state index in [1.54, 1.807) is 0 Å². The first kappa shape index (κ1) is 33.2. The lowest BCUT2D eigenvalue weighted by atomic mass is 10.0. The van der Waals surface area contributed by atoms with Gasteiger partial charge in [0.25, 0.3) is 0 Å². The molecule has 0 fully saturated rings. The van der Waals surface area contributed by atoms with Crippen LogP contribution >= 0.6 is 0 Å². The monoisotopic (exact) mass is 742 g/mol. The van der Waals surface area contributed by atoms with Crippen molar-refractivity contribution in [3.63, 3.8) is 0 Å². The topological polar surface area (TPSA) is 9.86 Å². The summed E-state index contributed by atoms with van der Waals surface area (Å²) in [6, 6.07) is 85.2. The number of aromatic nitrogens is 2. The molecule has 268 valence electrons. The molecule has 0 saturated heterocycles. The van der Waals surface area contributed by atoms with Crippen LogP contribution in [0.4, 0.5) is 0 Å². The minimum absolute atomic E-state index is 1.15. The van der Waals surface area contributed by atoms with Crippen LogP contribution in [0.1, 0.15) is 0 Å². The lowest BCUT2D eigenvalue weighted by Gasteiger charge is -2.34. The van der Waals surface area contributed by atoms with Crippen LogP contribution in [-0.4, -0.2) is 17.2 Å². The van der Waals surface area contributed by atoms with Gasteiger partial charge < -0.3 is 9.13 Å². The van der Waals surface area contributed by atoms with Crippen molar-refractivity contribution < 1.29 is 0 Å². The van der Waals surface area contributed by atoms with Crippen molar-refractivity contribution in [2.24, 2.45) is 0 Å². The SMILES string of the molecule is c1ccc(-c2cccc3c4cc([Si](c5ccccc5)(c5ccccc5)c5ccccc5)ccc4n(-c4cccc5c4c4ccccc4n5-c4ccccc4)c23)cc1. The van der Waals surface area contributed by atoms with Crippen LogP contribution in [0.15, 0.2) is 231 Å². The highest BCUT2D eigenvalue weighted by atomic mass is 28.3. The van der Waals surface area contributed by atoms with E-state index in [-0.39, 0.29) is 0 Å². The molecular weight excluding hydrogens is 705 g/mol. The van der Waals surface area contributed by atoms with Crippen LogP contribution in [-0.2, 0) is 0 Å². The van der Waals surface area contributed by atoms with Gasteiger partial charge in [0.1, 0.15) is 0 Å². The largest absolute Gasteiger partial charge is 0.309 e. The van der Waals surface area contributed by atoms with Gasteiger partial charge in [-0.1, -0.05) is 194 Å². The van der Waals surface area contributed by atoms with E-state index < -0.39 is 8.07 Å². The van der Waals surface area contributed by atoms with Gasteiger partial charge >= 0.3 is 0 Å². The molecule has 0 aliphatic rings. The molecule has 9 aromatic carbocycles. The quantitative estimate of drug-likeness (QED) is 0.114. The van der Waals surface area contributed by atoms with Gasteiger partial charge in [0.15, 0.2) is 8.07 Å². The van der Waals surface area contributed by atoms with E-state index in [0.717, 1.165) is 5.69 Å². The summed E-state index contributed by atoms with van der Waals surface area (Å²) >= 11 is 0. The van der Waals surface area contributed by atoms with Crippen LogP contribution in [0.2, 0.25) is 0 Å². The highest BCUT2D eigenvalue weighted by Gasteiger charge is 2.41. The van der Waals surface area contributed by atoms with Gasteiger partial charge in [-0.05, 0) is 62.7 Å². The predicted octanol–water partition coefficient (Wildman–Crippen LogP) is 10.9. The molecule has 0 bridgehead atoms. The summed E-state index contributed by atoms with van der Waals surface area (Å²) < 4.78 is 4.97. The van der Waals surface area contributed by atoms with E-state index in [9.17, 15) is 0 Å². The van der Waals surface area contributed by atoms with Crippen molar-refractivity contribution >= 4 is 72.4 Å². The molecule has 2 aromatic heterocycles. The second-order valence-electron chi connectivity index (χ2n) is 14.8. The molecule has 2 nitrogen and oxygen atoms in total. The van der Waals surface area contributed by atoms with Crippen LogP contribution in [0.3, 0.4) is 0 Å². The average Bonchev–Trinajstić information content (AvgIpc) is 3.81. The van der Waals surface area contributed by atoms with Gasteiger partial charge in [-0.25, -0.2) is 0 Å². The second kappa shape index (κ2) is 13.5. The number of hydrogen-bond acceptors (Lipinski definition) is 0. The fourth-order valence-electron chi connectivity index (χ4n) is 9.51. The molecule has 57 heavy (non-hydrogen) atoms. The summed E-state index contributed by atoms with van der Waals surface area (Å²) in [5.41, 5.74) is 9.54. The third kappa shape index (κ3) is 5.10. The smallest absolute Gasteiger partial charge is 0.179 e. The first-order chi connectivity index (χ1) is 28.3. The van der Waals surface area contributed by atoms with Gasteiger partial charge in [-0.2, -0.15) is 0 Å². The molecule has 0 aliphatic carbocycles. The molecular formula is C54H38N2Si. The highest BCUT2D eigenvalue weighted by molar-refractivity contribution is 7.20. The fraction of sp³-hybridized carbons (Fsp3) is 0. The molecule has 0 amide bonds. The minimum atomic E-state index is -2.78. The Morgan fingerprint density at radius 3 is 1.47 bits per heavy atom. The molecule has 2 heterocycles. The van der Waals surface area contributed by atoms with E-state index in [4.69, 9.17) is 0 Å². The normalized spacial score (nSPS) is 11.9. The zero-order valence-electron chi connectivity index (χ0n) is 31.3. The Kier molecular flexibility index (Phi) is 7.87. The summed E-state index contributed by atoms with van der Waals surface area (Å²) in [6.45, 7) is 0.